The number of thiophene rings is 1. The lowest BCUT2D eigenvalue weighted by Gasteiger charge is -1.94. The van der Waals surface area contributed by atoms with Crippen molar-refractivity contribution in [1.29, 1.82) is 0 Å². The normalized spacial score (nSPS) is 11.1. The number of hydrogen-bond donors (Lipinski definition) is 1. The molecule has 1 aromatic heterocycles. The molecule has 0 saturated heterocycles. The van der Waals surface area contributed by atoms with Gasteiger partial charge in [-0.05, 0) is 36.1 Å². The van der Waals surface area contributed by atoms with Crippen LogP contribution < -0.4 is 5.73 Å². The molecule has 0 aliphatic heterocycles. The first-order valence-corrected chi connectivity index (χ1v) is 5.94. The highest BCUT2D eigenvalue weighted by molar-refractivity contribution is 7.19. The summed E-state index contributed by atoms with van der Waals surface area (Å²) in [5, 5.41) is 1.28. The molecular weight excluding hydrogens is 206 g/mol. The molecule has 1 aromatic carbocycles. The van der Waals surface area contributed by atoms with E-state index in [4.69, 9.17) is 10.5 Å². The predicted octanol–water partition coefficient (Wildman–Crippen LogP) is 2.90. The van der Waals surface area contributed by atoms with Crippen LogP contribution in [0.2, 0.25) is 0 Å². The predicted molar refractivity (Wildman–Crippen MR) is 65.0 cm³/mol. The fourth-order valence-corrected chi connectivity index (χ4v) is 2.53. The van der Waals surface area contributed by atoms with E-state index < -0.39 is 0 Å². The average Bonchev–Trinajstić information content (AvgIpc) is 2.67. The van der Waals surface area contributed by atoms with Gasteiger partial charge in [-0.2, -0.15) is 0 Å². The van der Waals surface area contributed by atoms with Crippen molar-refractivity contribution in [2.75, 3.05) is 6.61 Å². The van der Waals surface area contributed by atoms with E-state index in [0.29, 0.717) is 13.2 Å². The van der Waals surface area contributed by atoms with Gasteiger partial charge in [0.25, 0.3) is 0 Å². The lowest BCUT2D eigenvalue weighted by atomic mass is 10.1. The Hall–Kier alpha value is -0.900. The number of nitrogens with two attached hydrogens (primary N) is 1. The molecule has 1 heterocycles. The Labute approximate surface area is 93.7 Å². The molecular formula is C12H15NOS. The van der Waals surface area contributed by atoms with Crippen LogP contribution in [-0.2, 0) is 17.9 Å². The molecule has 0 bridgehead atoms. The Kier molecular flexibility index (Phi) is 3.36. The number of ether oxygens (including phenoxy) is 1. The SMILES string of the molecule is CCOCc1cc2cc(CN)ccc2s1. The lowest BCUT2D eigenvalue weighted by Crippen LogP contribution is -1.94. The monoisotopic (exact) mass is 221 g/mol. The third-order valence-corrected chi connectivity index (χ3v) is 3.41. The Morgan fingerprint density at radius 2 is 2.20 bits per heavy atom. The highest BCUT2D eigenvalue weighted by Crippen LogP contribution is 2.26. The van der Waals surface area contributed by atoms with Gasteiger partial charge >= 0.3 is 0 Å². The first-order valence-electron chi connectivity index (χ1n) is 5.12. The molecule has 0 aliphatic carbocycles. The van der Waals surface area contributed by atoms with E-state index in [9.17, 15) is 0 Å². The minimum atomic E-state index is 0.604. The van der Waals surface area contributed by atoms with E-state index in [-0.39, 0.29) is 0 Å². The van der Waals surface area contributed by atoms with Crippen molar-refractivity contribution in [3.05, 3.63) is 34.7 Å². The van der Waals surface area contributed by atoms with Crippen LogP contribution in [0, 0.1) is 0 Å². The molecule has 0 aliphatic rings. The van der Waals surface area contributed by atoms with Crippen LogP contribution in [0.15, 0.2) is 24.3 Å². The van der Waals surface area contributed by atoms with Crippen LogP contribution in [0.4, 0.5) is 0 Å². The van der Waals surface area contributed by atoms with Gasteiger partial charge in [-0.3, -0.25) is 0 Å². The summed E-state index contributed by atoms with van der Waals surface area (Å²) in [7, 11) is 0. The molecule has 0 saturated carbocycles. The molecule has 0 radical (unpaired) electrons. The van der Waals surface area contributed by atoms with E-state index in [0.717, 1.165) is 6.61 Å². The Morgan fingerprint density at radius 1 is 1.33 bits per heavy atom. The summed E-state index contributed by atoms with van der Waals surface area (Å²) in [6, 6.07) is 8.57. The average molecular weight is 221 g/mol. The molecule has 0 atom stereocenters. The summed E-state index contributed by atoms with van der Waals surface area (Å²) in [4.78, 5) is 1.28. The molecule has 0 spiro atoms. The Morgan fingerprint density at radius 3 is 2.93 bits per heavy atom. The van der Waals surface area contributed by atoms with Crippen LogP contribution >= 0.6 is 11.3 Å². The van der Waals surface area contributed by atoms with Crippen LogP contribution in [0.5, 0.6) is 0 Å². The number of hydrogen-bond acceptors (Lipinski definition) is 3. The fraction of sp³-hybridized carbons (Fsp3) is 0.333. The van der Waals surface area contributed by atoms with Crippen molar-refractivity contribution >= 4 is 21.4 Å². The van der Waals surface area contributed by atoms with Gasteiger partial charge in [0.05, 0.1) is 6.61 Å². The van der Waals surface area contributed by atoms with Gasteiger partial charge in [-0.1, -0.05) is 6.07 Å². The minimum Gasteiger partial charge on any atom is -0.376 e. The second kappa shape index (κ2) is 4.75. The smallest absolute Gasteiger partial charge is 0.0809 e. The molecule has 80 valence electrons. The summed E-state index contributed by atoms with van der Waals surface area (Å²) in [5.74, 6) is 0. The first-order chi connectivity index (χ1) is 7.33. The van der Waals surface area contributed by atoms with Gasteiger partial charge in [0.15, 0.2) is 0 Å². The van der Waals surface area contributed by atoms with Crippen molar-refractivity contribution in [1.82, 2.24) is 0 Å². The quantitative estimate of drug-likeness (QED) is 0.861. The number of benzene rings is 1. The molecule has 2 nitrogen and oxygen atoms in total. The van der Waals surface area contributed by atoms with E-state index in [2.05, 4.69) is 24.3 Å². The van der Waals surface area contributed by atoms with Crippen molar-refractivity contribution < 1.29 is 4.74 Å². The molecule has 0 amide bonds. The lowest BCUT2D eigenvalue weighted by molar-refractivity contribution is 0.136. The van der Waals surface area contributed by atoms with E-state index in [1.807, 2.05) is 6.92 Å². The van der Waals surface area contributed by atoms with Gasteiger partial charge in [0.1, 0.15) is 0 Å². The van der Waals surface area contributed by atoms with Gasteiger partial charge in [-0.25, -0.2) is 0 Å². The number of fused-ring (bicyclic) bond motifs is 1. The summed E-state index contributed by atoms with van der Waals surface area (Å²) < 4.78 is 6.70. The van der Waals surface area contributed by atoms with E-state index >= 15 is 0 Å². The molecule has 15 heavy (non-hydrogen) atoms. The zero-order chi connectivity index (χ0) is 10.7. The molecule has 3 heteroatoms. The van der Waals surface area contributed by atoms with Crippen molar-refractivity contribution in [3.63, 3.8) is 0 Å². The van der Waals surface area contributed by atoms with Gasteiger partial charge in [-0.15, -0.1) is 11.3 Å². The van der Waals surface area contributed by atoms with Gasteiger partial charge in [0, 0.05) is 22.7 Å². The Balaban J connectivity index is 2.29. The van der Waals surface area contributed by atoms with Crippen molar-refractivity contribution in [2.45, 2.75) is 20.1 Å². The largest absolute Gasteiger partial charge is 0.376 e. The number of rotatable bonds is 4. The minimum absolute atomic E-state index is 0.604. The molecule has 2 rings (SSSR count). The van der Waals surface area contributed by atoms with Crippen molar-refractivity contribution in [3.8, 4) is 0 Å². The highest BCUT2D eigenvalue weighted by atomic mass is 32.1. The standard InChI is InChI=1S/C12H15NOS/c1-2-14-8-11-6-10-5-9(7-13)3-4-12(10)15-11/h3-6H,2,7-8,13H2,1H3. The van der Waals surface area contributed by atoms with Gasteiger partial charge < -0.3 is 10.5 Å². The summed E-state index contributed by atoms with van der Waals surface area (Å²) >= 11 is 1.79. The van der Waals surface area contributed by atoms with Crippen LogP contribution in [0.25, 0.3) is 10.1 Å². The van der Waals surface area contributed by atoms with Crippen molar-refractivity contribution in [2.24, 2.45) is 5.73 Å². The van der Waals surface area contributed by atoms with E-state index in [1.165, 1.54) is 20.5 Å². The Bertz CT molecular complexity index is 450. The highest BCUT2D eigenvalue weighted by Gasteiger charge is 2.02. The maximum atomic E-state index is 5.61. The van der Waals surface area contributed by atoms with Crippen LogP contribution in [-0.4, -0.2) is 6.61 Å². The second-order valence-electron chi connectivity index (χ2n) is 3.43. The summed E-state index contributed by atoms with van der Waals surface area (Å²) in [6.07, 6.45) is 0. The molecule has 0 fully saturated rings. The zero-order valence-corrected chi connectivity index (χ0v) is 9.64. The second-order valence-corrected chi connectivity index (χ2v) is 4.59. The molecule has 2 aromatic rings. The fourth-order valence-electron chi connectivity index (χ4n) is 1.55. The van der Waals surface area contributed by atoms with Crippen LogP contribution in [0.3, 0.4) is 0 Å². The third kappa shape index (κ3) is 2.37. The zero-order valence-electron chi connectivity index (χ0n) is 8.82. The third-order valence-electron chi connectivity index (χ3n) is 2.32. The van der Waals surface area contributed by atoms with Crippen LogP contribution in [0.1, 0.15) is 17.4 Å². The van der Waals surface area contributed by atoms with E-state index in [1.54, 1.807) is 11.3 Å². The molecule has 0 unspecified atom stereocenters. The van der Waals surface area contributed by atoms with Gasteiger partial charge in [0.2, 0.25) is 0 Å². The summed E-state index contributed by atoms with van der Waals surface area (Å²) in [6.45, 7) is 4.10. The first kappa shape index (κ1) is 10.6. The summed E-state index contributed by atoms with van der Waals surface area (Å²) in [5.41, 5.74) is 6.79. The topological polar surface area (TPSA) is 35.2 Å². The molecule has 2 N–H and O–H groups in total. The maximum absolute atomic E-state index is 5.61. The maximum Gasteiger partial charge on any atom is 0.0809 e.